The van der Waals surface area contributed by atoms with Crippen molar-refractivity contribution in [2.75, 3.05) is 7.05 Å². The van der Waals surface area contributed by atoms with Crippen LogP contribution in [-0.2, 0) is 11.2 Å². The molecular formula is C17H27NO. The second-order valence-electron chi connectivity index (χ2n) is 6.13. The third-order valence-corrected chi connectivity index (χ3v) is 4.33. The predicted octanol–water partition coefficient (Wildman–Crippen LogP) is 3.86. The summed E-state index contributed by atoms with van der Waals surface area (Å²) in [5.41, 5.74) is 2.85. The van der Waals surface area contributed by atoms with Crippen molar-refractivity contribution in [2.24, 2.45) is 0 Å². The van der Waals surface area contributed by atoms with Gasteiger partial charge in [0, 0.05) is 0 Å². The maximum absolute atomic E-state index is 6.41. The molecule has 0 aliphatic heterocycles. The summed E-state index contributed by atoms with van der Waals surface area (Å²) in [6.07, 6.45) is 4.81. The lowest BCUT2D eigenvalue weighted by molar-refractivity contribution is -0.0900. The smallest absolute Gasteiger partial charge is 0.0777 e. The Morgan fingerprint density at radius 2 is 2.05 bits per heavy atom. The van der Waals surface area contributed by atoms with Gasteiger partial charge >= 0.3 is 0 Å². The number of ether oxygens (including phenoxy) is 1. The van der Waals surface area contributed by atoms with Gasteiger partial charge in [0.15, 0.2) is 0 Å². The lowest BCUT2D eigenvalue weighted by atomic mass is 9.96. The molecule has 2 unspecified atom stereocenters. The molecule has 2 heteroatoms. The number of benzene rings is 1. The average Bonchev–Trinajstić information content (AvgIpc) is 2.57. The van der Waals surface area contributed by atoms with Crippen LogP contribution in [0.25, 0.3) is 0 Å². The lowest BCUT2D eigenvalue weighted by Gasteiger charge is -2.34. The zero-order chi connectivity index (χ0) is 13.9. The first-order valence-corrected chi connectivity index (χ1v) is 7.50. The van der Waals surface area contributed by atoms with Crippen molar-refractivity contribution in [2.45, 2.75) is 64.2 Å². The average molecular weight is 261 g/mol. The summed E-state index contributed by atoms with van der Waals surface area (Å²) in [7, 11) is 2.04. The minimum atomic E-state index is -0.0426. The van der Waals surface area contributed by atoms with Gasteiger partial charge in [-0.15, -0.1) is 0 Å². The van der Waals surface area contributed by atoms with Crippen LogP contribution < -0.4 is 5.32 Å². The Balaban J connectivity index is 2.26. The molecule has 19 heavy (non-hydrogen) atoms. The Morgan fingerprint density at radius 1 is 1.32 bits per heavy atom. The molecule has 1 N–H and O–H groups in total. The molecule has 0 fully saturated rings. The molecule has 0 heterocycles. The number of rotatable bonds is 4. The van der Waals surface area contributed by atoms with Crippen LogP contribution in [0.4, 0.5) is 0 Å². The van der Waals surface area contributed by atoms with Gasteiger partial charge in [-0.05, 0) is 57.7 Å². The highest BCUT2D eigenvalue weighted by molar-refractivity contribution is 5.32. The van der Waals surface area contributed by atoms with Gasteiger partial charge in [0.25, 0.3) is 0 Å². The predicted molar refractivity (Wildman–Crippen MR) is 80.4 cm³/mol. The summed E-state index contributed by atoms with van der Waals surface area (Å²) in [6.45, 7) is 6.58. The fourth-order valence-electron chi connectivity index (χ4n) is 2.89. The maximum Gasteiger partial charge on any atom is 0.0777 e. The van der Waals surface area contributed by atoms with Crippen molar-refractivity contribution in [3.05, 3.63) is 35.4 Å². The van der Waals surface area contributed by atoms with Gasteiger partial charge in [-0.1, -0.05) is 31.2 Å². The zero-order valence-electron chi connectivity index (χ0n) is 12.7. The summed E-state index contributed by atoms with van der Waals surface area (Å²) in [5, 5.41) is 3.47. The van der Waals surface area contributed by atoms with Crippen LogP contribution in [0, 0.1) is 0 Å². The number of nitrogens with one attached hydrogen (secondary N) is 1. The largest absolute Gasteiger partial charge is 0.370 e. The van der Waals surface area contributed by atoms with Crippen LogP contribution in [0.2, 0.25) is 0 Å². The van der Waals surface area contributed by atoms with Gasteiger partial charge in [0.2, 0.25) is 0 Å². The first kappa shape index (κ1) is 14.5. The highest BCUT2D eigenvalue weighted by Gasteiger charge is 2.31. The van der Waals surface area contributed by atoms with E-state index >= 15 is 0 Å². The van der Waals surface area contributed by atoms with E-state index in [0.29, 0.717) is 6.04 Å². The van der Waals surface area contributed by atoms with E-state index < -0.39 is 0 Å². The number of likely N-dealkylation sites (N-methyl/N-ethyl adjacent to an activating group) is 1. The first-order chi connectivity index (χ1) is 9.07. The fraction of sp³-hybridized carbons (Fsp3) is 0.647. The molecule has 1 aliphatic rings. The molecule has 0 aromatic heterocycles. The van der Waals surface area contributed by atoms with Gasteiger partial charge in [0.1, 0.15) is 0 Å². The minimum absolute atomic E-state index is 0.0426. The fourth-order valence-corrected chi connectivity index (χ4v) is 2.89. The molecular weight excluding hydrogens is 234 g/mol. The van der Waals surface area contributed by atoms with E-state index in [0.717, 1.165) is 12.8 Å². The normalized spacial score (nSPS) is 23.8. The molecule has 1 aliphatic carbocycles. The van der Waals surface area contributed by atoms with Gasteiger partial charge in [-0.2, -0.15) is 0 Å². The lowest BCUT2D eigenvalue weighted by Crippen LogP contribution is -2.38. The van der Waals surface area contributed by atoms with Crippen LogP contribution in [0.3, 0.4) is 0 Å². The summed E-state index contributed by atoms with van der Waals surface area (Å²) in [5.74, 6) is 0. The number of hydrogen-bond donors (Lipinski definition) is 1. The molecule has 0 saturated carbocycles. The highest BCUT2D eigenvalue weighted by atomic mass is 16.5. The maximum atomic E-state index is 6.41. The second-order valence-corrected chi connectivity index (χ2v) is 6.13. The molecule has 1 aromatic carbocycles. The van der Waals surface area contributed by atoms with Crippen molar-refractivity contribution in [1.29, 1.82) is 0 Å². The Hall–Kier alpha value is -0.860. The van der Waals surface area contributed by atoms with Crippen LogP contribution in [0.1, 0.15) is 57.2 Å². The Morgan fingerprint density at radius 3 is 2.74 bits per heavy atom. The monoisotopic (exact) mass is 261 g/mol. The Bertz CT molecular complexity index is 413. The Kier molecular flexibility index (Phi) is 4.64. The van der Waals surface area contributed by atoms with E-state index in [2.05, 4.69) is 50.4 Å². The minimum Gasteiger partial charge on any atom is -0.370 e. The van der Waals surface area contributed by atoms with E-state index in [9.17, 15) is 0 Å². The summed E-state index contributed by atoms with van der Waals surface area (Å²) < 4.78 is 6.41. The standard InChI is InChI=1S/C17H27NO/c1-5-17(2,3)19-15-12-8-10-13-9-6-7-11-14(13)16(15)18-4/h6-7,9,11,15-16,18H,5,8,10,12H2,1-4H3. The molecule has 0 bridgehead atoms. The molecule has 0 radical (unpaired) electrons. The third-order valence-electron chi connectivity index (χ3n) is 4.33. The number of hydrogen-bond acceptors (Lipinski definition) is 2. The van der Waals surface area contributed by atoms with Gasteiger partial charge in [0.05, 0.1) is 17.7 Å². The van der Waals surface area contributed by atoms with Gasteiger partial charge in [-0.3, -0.25) is 0 Å². The van der Waals surface area contributed by atoms with E-state index in [1.54, 1.807) is 0 Å². The second kappa shape index (κ2) is 6.06. The van der Waals surface area contributed by atoms with Gasteiger partial charge in [-0.25, -0.2) is 0 Å². The summed E-state index contributed by atoms with van der Waals surface area (Å²) >= 11 is 0. The topological polar surface area (TPSA) is 21.3 Å². The summed E-state index contributed by atoms with van der Waals surface area (Å²) in [6, 6.07) is 9.09. The van der Waals surface area contributed by atoms with Crippen molar-refractivity contribution >= 4 is 0 Å². The molecule has 0 saturated heterocycles. The van der Waals surface area contributed by atoms with E-state index in [1.807, 2.05) is 7.05 Å². The van der Waals surface area contributed by atoms with Gasteiger partial charge < -0.3 is 10.1 Å². The molecule has 106 valence electrons. The van der Waals surface area contributed by atoms with Crippen LogP contribution in [0.5, 0.6) is 0 Å². The molecule has 2 atom stereocenters. The number of aryl methyl sites for hydroxylation is 1. The van der Waals surface area contributed by atoms with Crippen molar-refractivity contribution in [3.8, 4) is 0 Å². The molecule has 0 amide bonds. The zero-order valence-corrected chi connectivity index (χ0v) is 12.7. The molecule has 1 aromatic rings. The van der Waals surface area contributed by atoms with E-state index in [4.69, 9.17) is 4.74 Å². The van der Waals surface area contributed by atoms with Crippen molar-refractivity contribution in [1.82, 2.24) is 5.32 Å². The van der Waals surface area contributed by atoms with Crippen LogP contribution in [0.15, 0.2) is 24.3 Å². The van der Waals surface area contributed by atoms with Crippen LogP contribution >= 0.6 is 0 Å². The first-order valence-electron chi connectivity index (χ1n) is 7.50. The highest BCUT2D eigenvalue weighted by Crippen LogP contribution is 2.33. The number of fused-ring (bicyclic) bond motifs is 1. The van der Waals surface area contributed by atoms with Crippen LogP contribution in [-0.4, -0.2) is 18.8 Å². The quantitative estimate of drug-likeness (QED) is 0.831. The molecule has 2 rings (SSSR count). The van der Waals surface area contributed by atoms with E-state index in [-0.39, 0.29) is 11.7 Å². The van der Waals surface area contributed by atoms with Crippen molar-refractivity contribution in [3.63, 3.8) is 0 Å². The SMILES string of the molecule is CCC(C)(C)OC1CCCc2ccccc2C1NC. The summed E-state index contributed by atoms with van der Waals surface area (Å²) in [4.78, 5) is 0. The molecule has 0 spiro atoms. The van der Waals surface area contributed by atoms with E-state index in [1.165, 1.54) is 24.0 Å². The van der Waals surface area contributed by atoms with Crippen molar-refractivity contribution < 1.29 is 4.74 Å². The third kappa shape index (κ3) is 3.37. The molecule has 2 nitrogen and oxygen atoms in total. The Labute approximate surface area is 117 Å².